The maximum atomic E-state index is 11.9. The first-order valence-electron chi connectivity index (χ1n) is 6.88. The molecule has 0 aliphatic carbocycles. The second kappa shape index (κ2) is 7.14. The number of rotatable bonds is 5. The molecule has 0 atom stereocenters. The van der Waals surface area contributed by atoms with Crippen molar-refractivity contribution >= 4 is 17.3 Å². The number of anilines is 2. The highest BCUT2D eigenvalue weighted by Gasteiger charge is 2.07. The van der Waals surface area contributed by atoms with Crippen LogP contribution in [0, 0.1) is 18.3 Å². The van der Waals surface area contributed by atoms with Crippen LogP contribution in [0.3, 0.4) is 0 Å². The number of benzene rings is 2. The van der Waals surface area contributed by atoms with E-state index >= 15 is 0 Å². The first-order valence-corrected chi connectivity index (χ1v) is 6.88. The van der Waals surface area contributed by atoms with Crippen molar-refractivity contribution in [2.75, 3.05) is 17.7 Å². The molecule has 2 rings (SSSR count). The van der Waals surface area contributed by atoms with E-state index in [1.54, 1.807) is 42.5 Å². The molecule has 0 aliphatic rings. The summed E-state index contributed by atoms with van der Waals surface area (Å²) >= 11 is 0. The molecule has 0 aliphatic heterocycles. The van der Waals surface area contributed by atoms with Crippen LogP contribution < -0.4 is 15.8 Å². The zero-order chi connectivity index (χ0) is 15.9. The minimum atomic E-state index is -0.151. The standard InChI is InChI=1S/C17H17N3O2/c1-12-10-14(19)6-7-15(12)20-17(21)8-9-22-16-5-3-2-4-13(16)11-18/h2-7,10H,8-9,19H2,1H3,(H,20,21). The van der Waals surface area contributed by atoms with E-state index in [4.69, 9.17) is 15.7 Å². The number of ether oxygens (including phenoxy) is 1. The van der Waals surface area contributed by atoms with E-state index in [0.717, 1.165) is 11.3 Å². The molecule has 0 saturated heterocycles. The van der Waals surface area contributed by atoms with Crippen molar-refractivity contribution in [3.8, 4) is 11.8 Å². The molecule has 2 aromatic carbocycles. The lowest BCUT2D eigenvalue weighted by Crippen LogP contribution is -2.16. The van der Waals surface area contributed by atoms with Crippen molar-refractivity contribution in [3.63, 3.8) is 0 Å². The fourth-order valence-electron chi connectivity index (χ4n) is 1.98. The molecule has 5 heteroatoms. The zero-order valence-corrected chi connectivity index (χ0v) is 12.3. The summed E-state index contributed by atoms with van der Waals surface area (Å²) in [4.78, 5) is 11.9. The van der Waals surface area contributed by atoms with Gasteiger partial charge in [-0.05, 0) is 42.8 Å². The van der Waals surface area contributed by atoms with Crippen LogP contribution in [0.25, 0.3) is 0 Å². The molecule has 3 N–H and O–H groups in total. The number of aryl methyl sites for hydroxylation is 1. The lowest BCUT2D eigenvalue weighted by molar-refractivity contribution is -0.116. The molecule has 0 aromatic heterocycles. The third kappa shape index (κ3) is 4.00. The van der Waals surface area contributed by atoms with Gasteiger partial charge in [0.15, 0.2) is 0 Å². The lowest BCUT2D eigenvalue weighted by atomic mass is 10.2. The molecule has 0 spiro atoms. The van der Waals surface area contributed by atoms with Crippen LogP contribution >= 0.6 is 0 Å². The Morgan fingerprint density at radius 3 is 2.82 bits per heavy atom. The zero-order valence-electron chi connectivity index (χ0n) is 12.3. The van der Waals surface area contributed by atoms with Gasteiger partial charge in [0.2, 0.25) is 5.91 Å². The Balaban J connectivity index is 1.87. The molecule has 2 aromatic rings. The van der Waals surface area contributed by atoms with Crippen molar-refractivity contribution in [1.29, 1.82) is 5.26 Å². The highest BCUT2D eigenvalue weighted by molar-refractivity contribution is 5.91. The number of hydrogen-bond donors (Lipinski definition) is 2. The van der Waals surface area contributed by atoms with Gasteiger partial charge in [-0.1, -0.05) is 12.1 Å². The molecule has 0 saturated carbocycles. The molecular formula is C17H17N3O2. The van der Waals surface area contributed by atoms with E-state index in [2.05, 4.69) is 5.32 Å². The van der Waals surface area contributed by atoms with Crippen LogP contribution in [0.1, 0.15) is 17.5 Å². The second-order valence-electron chi connectivity index (χ2n) is 4.83. The second-order valence-corrected chi connectivity index (χ2v) is 4.83. The van der Waals surface area contributed by atoms with E-state index in [1.807, 2.05) is 13.0 Å². The summed E-state index contributed by atoms with van der Waals surface area (Å²) in [5.41, 5.74) is 8.43. The van der Waals surface area contributed by atoms with Crippen molar-refractivity contribution in [3.05, 3.63) is 53.6 Å². The highest BCUT2D eigenvalue weighted by atomic mass is 16.5. The predicted octanol–water partition coefficient (Wildman–Crippen LogP) is 2.86. The molecule has 1 amide bonds. The summed E-state index contributed by atoms with van der Waals surface area (Å²) in [6.07, 6.45) is 0.198. The summed E-state index contributed by atoms with van der Waals surface area (Å²) in [5, 5.41) is 11.8. The number of nitrogens with zero attached hydrogens (tertiary/aromatic N) is 1. The van der Waals surface area contributed by atoms with Crippen molar-refractivity contribution in [1.82, 2.24) is 0 Å². The van der Waals surface area contributed by atoms with E-state index in [1.165, 1.54) is 0 Å². The molecule has 5 nitrogen and oxygen atoms in total. The Bertz CT molecular complexity index is 720. The van der Waals surface area contributed by atoms with Gasteiger partial charge in [-0.2, -0.15) is 5.26 Å². The van der Waals surface area contributed by atoms with Gasteiger partial charge in [0.1, 0.15) is 11.8 Å². The quantitative estimate of drug-likeness (QED) is 0.830. The smallest absolute Gasteiger partial charge is 0.227 e. The summed E-state index contributed by atoms with van der Waals surface area (Å²) in [5.74, 6) is 0.337. The Kier molecular flexibility index (Phi) is 4.99. The summed E-state index contributed by atoms with van der Waals surface area (Å²) < 4.78 is 5.48. The molecule has 0 unspecified atom stereocenters. The monoisotopic (exact) mass is 295 g/mol. The van der Waals surface area contributed by atoms with Crippen molar-refractivity contribution in [2.24, 2.45) is 0 Å². The van der Waals surface area contributed by atoms with Gasteiger partial charge >= 0.3 is 0 Å². The van der Waals surface area contributed by atoms with Crippen LogP contribution in [-0.4, -0.2) is 12.5 Å². The van der Waals surface area contributed by atoms with E-state index < -0.39 is 0 Å². The summed E-state index contributed by atoms with van der Waals surface area (Å²) in [7, 11) is 0. The number of carbonyl (C=O) groups is 1. The van der Waals surface area contributed by atoms with Crippen LogP contribution in [-0.2, 0) is 4.79 Å². The predicted molar refractivity (Wildman–Crippen MR) is 85.5 cm³/mol. The number of amides is 1. The maximum Gasteiger partial charge on any atom is 0.227 e. The molecule has 112 valence electrons. The van der Waals surface area contributed by atoms with Crippen molar-refractivity contribution < 1.29 is 9.53 Å². The van der Waals surface area contributed by atoms with Gasteiger partial charge in [-0.25, -0.2) is 0 Å². The topological polar surface area (TPSA) is 88.1 Å². The van der Waals surface area contributed by atoms with Gasteiger partial charge in [0.25, 0.3) is 0 Å². The van der Waals surface area contributed by atoms with Crippen LogP contribution in [0.2, 0.25) is 0 Å². The first-order chi connectivity index (χ1) is 10.6. The van der Waals surface area contributed by atoms with Gasteiger partial charge in [-0.3, -0.25) is 4.79 Å². The summed E-state index contributed by atoms with van der Waals surface area (Å²) in [6.45, 7) is 2.09. The number of nitrogens with one attached hydrogen (secondary N) is 1. The van der Waals surface area contributed by atoms with E-state index in [-0.39, 0.29) is 18.9 Å². The van der Waals surface area contributed by atoms with Gasteiger partial charge in [0.05, 0.1) is 18.6 Å². The minimum absolute atomic E-state index is 0.151. The number of nitriles is 1. The molecule has 0 bridgehead atoms. The minimum Gasteiger partial charge on any atom is -0.492 e. The largest absolute Gasteiger partial charge is 0.492 e. The Morgan fingerprint density at radius 2 is 2.09 bits per heavy atom. The number of para-hydroxylation sites is 1. The number of hydrogen-bond acceptors (Lipinski definition) is 4. The molecule has 0 radical (unpaired) electrons. The normalized spacial score (nSPS) is 9.82. The summed E-state index contributed by atoms with van der Waals surface area (Å²) in [6, 6.07) is 14.3. The van der Waals surface area contributed by atoms with Gasteiger partial charge in [-0.15, -0.1) is 0 Å². The average molecular weight is 295 g/mol. The Hall–Kier alpha value is -3.00. The fourth-order valence-corrected chi connectivity index (χ4v) is 1.98. The number of carbonyl (C=O) groups excluding carboxylic acids is 1. The first kappa shape index (κ1) is 15.4. The average Bonchev–Trinajstić information content (AvgIpc) is 2.50. The van der Waals surface area contributed by atoms with Gasteiger partial charge < -0.3 is 15.8 Å². The fraction of sp³-hybridized carbons (Fsp3) is 0.176. The Morgan fingerprint density at radius 1 is 1.32 bits per heavy atom. The van der Waals surface area contributed by atoms with Crippen LogP contribution in [0.5, 0.6) is 5.75 Å². The van der Waals surface area contributed by atoms with Crippen LogP contribution in [0.15, 0.2) is 42.5 Å². The SMILES string of the molecule is Cc1cc(N)ccc1NC(=O)CCOc1ccccc1C#N. The molecule has 22 heavy (non-hydrogen) atoms. The van der Waals surface area contributed by atoms with Gasteiger partial charge in [0, 0.05) is 11.4 Å². The van der Waals surface area contributed by atoms with Crippen molar-refractivity contribution in [2.45, 2.75) is 13.3 Å². The van der Waals surface area contributed by atoms with E-state index in [9.17, 15) is 4.79 Å². The molecule has 0 fully saturated rings. The maximum absolute atomic E-state index is 11.9. The number of nitrogens with two attached hydrogens (primary N) is 1. The molecule has 0 heterocycles. The Labute approximate surface area is 129 Å². The van der Waals surface area contributed by atoms with Crippen LogP contribution in [0.4, 0.5) is 11.4 Å². The third-order valence-electron chi connectivity index (χ3n) is 3.12. The lowest BCUT2D eigenvalue weighted by Gasteiger charge is -2.10. The third-order valence-corrected chi connectivity index (χ3v) is 3.12. The number of nitrogen functional groups attached to an aromatic ring is 1. The highest BCUT2D eigenvalue weighted by Crippen LogP contribution is 2.18. The molecular weight excluding hydrogens is 278 g/mol. The van der Waals surface area contributed by atoms with E-state index in [0.29, 0.717) is 17.0 Å².